The van der Waals surface area contributed by atoms with E-state index in [9.17, 15) is 4.79 Å². The van der Waals surface area contributed by atoms with Crippen molar-refractivity contribution >= 4 is 11.7 Å². The van der Waals surface area contributed by atoms with Crippen molar-refractivity contribution in [1.82, 2.24) is 20.0 Å². The number of nitrogens with one attached hydrogen (secondary N) is 2. The van der Waals surface area contributed by atoms with E-state index in [2.05, 4.69) is 15.6 Å². The molecule has 2 rings (SSSR count). The van der Waals surface area contributed by atoms with Gasteiger partial charge in [-0.05, 0) is 32.4 Å². The quantitative estimate of drug-likeness (QED) is 0.768. The molecule has 3 N–H and O–H groups in total. The molecule has 2 amide bonds. The SMILES string of the molecule is Cc1cccc2nc(CNC(=O)NC(C)CCO)cn12. The van der Waals surface area contributed by atoms with Crippen LogP contribution in [0.1, 0.15) is 24.7 Å². The van der Waals surface area contributed by atoms with Gasteiger partial charge in [0.05, 0.1) is 12.2 Å². The molecule has 0 radical (unpaired) electrons. The highest BCUT2D eigenvalue weighted by molar-refractivity contribution is 5.74. The molecular weight excluding hydrogens is 256 g/mol. The van der Waals surface area contributed by atoms with Gasteiger partial charge in [0.1, 0.15) is 5.65 Å². The number of aliphatic hydroxyl groups is 1. The predicted molar refractivity (Wildman–Crippen MR) is 76.5 cm³/mol. The zero-order valence-electron chi connectivity index (χ0n) is 11.8. The number of hydrogen-bond donors (Lipinski definition) is 3. The molecule has 1 atom stereocenters. The minimum atomic E-state index is -0.250. The fourth-order valence-corrected chi connectivity index (χ4v) is 2.00. The fraction of sp³-hybridized carbons (Fsp3) is 0.429. The number of aryl methyl sites for hydroxylation is 1. The normalized spacial score (nSPS) is 12.3. The van der Waals surface area contributed by atoms with Crippen LogP contribution in [0.15, 0.2) is 24.4 Å². The van der Waals surface area contributed by atoms with Gasteiger partial charge in [-0.1, -0.05) is 6.07 Å². The van der Waals surface area contributed by atoms with Crippen LogP contribution in [0.2, 0.25) is 0 Å². The molecule has 0 aliphatic carbocycles. The van der Waals surface area contributed by atoms with Crippen molar-refractivity contribution in [1.29, 1.82) is 0 Å². The fourth-order valence-electron chi connectivity index (χ4n) is 2.00. The summed E-state index contributed by atoms with van der Waals surface area (Å²) in [4.78, 5) is 16.1. The minimum absolute atomic E-state index is 0.0525. The van der Waals surface area contributed by atoms with Crippen molar-refractivity contribution in [2.75, 3.05) is 6.61 Å². The number of imidazole rings is 1. The Bertz CT molecular complexity index is 594. The molecule has 2 aromatic heterocycles. The Hall–Kier alpha value is -2.08. The van der Waals surface area contributed by atoms with Crippen LogP contribution < -0.4 is 10.6 Å². The van der Waals surface area contributed by atoms with Crippen molar-refractivity contribution < 1.29 is 9.90 Å². The van der Waals surface area contributed by atoms with Gasteiger partial charge in [0.2, 0.25) is 0 Å². The molecule has 2 heterocycles. The molecule has 108 valence electrons. The van der Waals surface area contributed by atoms with E-state index in [1.807, 2.05) is 42.6 Å². The van der Waals surface area contributed by atoms with Crippen molar-refractivity contribution in [3.05, 3.63) is 35.8 Å². The van der Waals surface area contributed by atoms with E-state index >= 15 is 0 Å². The number of aliphatic hydroxyl groups excluding tert-OH is 1. The molecule has 2 aromatic rings. The number of aromatic nitrogens is 2. The molecule has 6 nitrogen and oxygen atoms in total. The predicted octanol–water partition coefficient (Wildman–Crippen LogP) is 1.21. The molecule has 20 heavy (non-hydrogen) atoms. The highest BCUT2D eigenvalue weighted by Crippen LogP contribution is 2.08. The largest absolute Gasteiger partial charge is 0.396 e. The second kappa shape index (κ2) is 6.38. The van der Waals surface area contributed by atoms with Crippen LogP contribution in [0.25, 0.3) is 5.65 Å². The molecule has 0 aliphatic heterocycles. The maximum Gasteiger partial charge on any atom is 0.315 e. The molecule has 0 spiro atoms. The first kappa shape index (κ1) is 14.3. The summed E-state index contributed by atoms with van der Waals surface area (Å²) in [5.74, 6) is 0. The third-order valence-electron chi connectivity index (χ3n) is 3.12. The second-order valence-electron chi connectivity index (χ2n) is 4.87. The first-order valence-corrected chi connectivity index (χ1v) is 6.69. The van der Waals surface area contributed by atoms with Crippen LogP contribution in [0.5, 0.6) is 0 Å². The molecule has 0 fully saturated rings. The molecule has 1 unspecified atom stereocenters. The lowest BCUT2D eigenvalue weighted by Crippen LogP contribution is -2.40. The number of pyridine rings is 1. The number of hydrogen-bond acceptors (Lipinski definition) is 3. The van der Waals surface area contributed by atoms with Gasteiger partial charge in [0.15, 0.2) is 0 Å². The maximum atomic E-state index is 11.6. The van der Waals surface area contributed by atoms with E-state index in [0.717, 1.165) is 17.0 Å². The first-order chi connectivity index (χ1) is 9.60. The van der Waals surface area contributed by atoms with E-state index in [1.54, 1.807) is 0 Å². The number of urea groups is 1. The van der Waals surface area contributed by atoms with Crippen molar-refractivity contribution in [3.8, 4) is 0 Å². The Labute approximate surface area is 117 Å². The van der Waals surface area contributed by atoms with Crippen molar-refractivity contribution in [2.24, 2.45) is 0 Å². The van der Waals surface area contributed by atoms with Crippen LogP contribution in [-0.4, -0.2) is 33.2 Å². The number of carbonyl (C=O) groups is 1. The van der Waals surface area contributed by atoms with E-state index in [4.69, 9.17) is 5.11 Å². The zero-order valence-corrected chi connectivity index (χ0v) is 11.8. The lowest BCUT2D eigenvalue weighted by atomic mass is 10.2. The summed E-state index contributed by atoms with van der Waals surface area (Å²) in [6.45, 7) is 4.30. The Morgan fingerprint density at radius 3 is 3.00 bits per heavy atom. The Kier molecular flexibility index (Phi) is 4.57. The van der Waals surface area contributed by atoms with Gasteiger partial charge in [0, 0.05) is 24.5 Å². The highest BCUT2D eigenvalue weighted by atomic mass is 16.3. The van der Waals surface area contributed by atoms with E-state index < -0.39 is 0 Å². The average Bonchev–Trinajstić information content (AvgIpc) is 2.81. The third kappa shape index (κ3) is 3.48. The number of rotatable bonds is 5. The van der Waals surface area contributed by atoms with Crippen molar-refractivity contribution in [3.63, 3.8) is 0 Å². The van der Waals surface area contributed by atoms with Crippen LogP contribution in [0.4, 0.5) is 4.79 Å². The molecule has 0 saturated heterocycles. The van der Waals surface area contributed by atoms with E-state index in [1.165, 1.54) is 0 Å². The number of nitrogens with zero attached hydrogens (tertiary/aromatic N) is 2. The van der Waals surface area contributed by atoms with Crippen LogP contribution in [0, 0.1) is 6.92 Å². The van der Waals surface area contributed by atoms with Crippen LogP contribution in [-0.2, 0) is 6.54 Å². The van der Waals surface area contributed by atoms with Gasteiger partial charge in [-0.3, -0.25) is 0 Å². The summed E-state index contributed by atoms with van der Waals surface area (Å²) < 4.78 is 1.99. The van der Waals surface area contributed by atoms with Gasteiger partial charge < -0.3 is 20.1 Å². The lowest BCUT2D eigenvalue weighted by molar-refractivity contribution is 0.230. The topological polar surface area (TPSA) is 78.7 Å². The number of fused-ring (bicyclic) bond motifs is 1. The smallest absolute Gasteiger partial charge is 0.315 e. The molecule has 0 saturated carbocycles. The summed E-state index contributed by atoms with van der Waals surface area (Å²) >= 11 is 0. The van der Waals surface area contributed by atoms with E-state index in [0.29, 0.717) is 13.0 Å². The summed E-state index contributed by atoms with van der Waals surface area (Å²) in [7, 11) is 0. The standard InChI is InChI=1S/C14H20N4O2/c1-10(6-7-19)16-14(20)15-8-12-9-18-11(2)4-3-5-13(18)17-12/h3-5,9-10,19H,6-8H2,1-2H3,(H2,15,16,20). The van der Waals surface area contributed by atoms with Gasteiger partial charge in [0.25, 0.3) is 0 Å². The Balaban J connectivity index is 1.92. The molecule has 0 aliphatic rings. The van der Waals surface area contributed by atoms with Crippen molar-refractivity contribution in [2.45, 2.75) is 32.9 Å². The maximum absolute atomic E-state index is 11.6. The van der Waals surface area contributed by atoms with Gasteiger partial charge in [-0.15, -0.1) is 0 Å². The zero-order chi connectivity index (χ0) is 14.5. The second-order valence-corrected chi connectivity index (χ2v) is 4.87. The van der Waals surface area contributed by atoms with Gasteiger partial charge >= 0.3 is 6.03 Å². The Morgan fingerprint density at radius 2 is 2.30 bits per heavy atom. The first-order valence-electron chi connectivity index (χ1n) is 6.69. The number of amides is 2. The third-order valence-corrected chi connectivity index (χ3v) is 3.12. The minimum Gasteiger partial charge on any atom is -0.396 e. The summed E-state index contributed by atoms with van der Waals surface area (Å²) in [5, 5.41) is 14.3. The summed E-state index contributed by atoms with van der Waals surface area (Å²) in [6.07, 6.45) is 2.46. The Morgan fingerprint density at radius 1 is 1.50 bits per heavy atom. The summed E-state index contributed by atoms with van der Waals surface area (Å²) in [5.41, 5.74) is 2.78. The molecule has 0 bridgehead atoms. The van der Waals surface area contributed by atoms with Crippen LogP contribution in [0.3, 0.4) is 0 Å². The molecule has 0 aromatic carbocycles. The lowest BCUT2D eigenvalue weighted by Gasteiger charge is -2.12. The van der Waals surface area contributed by atoms with Crippen LogP contribution >= 0.6 is 0 Å². The van der Waals surface area contributed by atoms with Gasteiger partial charge in [-0.2, -0.15) is 0 Å². The van der Waals surface area contributed by atoms with Gasteiger partial charge in [-0.25, -0.2) is 9.78 Å². The monoisotopic (exact) mass is 276 g/mol. The number of carbonyl (C=O) groups excluding carboxylic acids is 1. The average molecular weight is 276 g/mol. The highest BCUT2D eigenvalue weighted by Gasteiger charge is 2.08. The van der Waals surface area contributed by atoms with E-state index in [-0.39, 0.29) is 18.7 Å². The molecular formula is C14H20N4O2. The molecule has 6 heteroatoms. The summed E-state index contributed by atoms with van der Waals surface area (Å²) in [6, 6.07) is 5.59.